The zero-order valence-electron chi connectivity index (χ0n) is 15.4. The van der Waals surface area contributed by atoms with Crippen molar-refractivity contribution in [2.45, 2.75) is 31.8 Å². The average molecular weight is 362 g/mol. The van der Waals surface area contributed by atoms with E-state index in [4.69, 9.17) is 4.74 Å². The highest BCUT2D eigenvalue weighted by Crippen LogP contribution is 2.42. The maximum Gasteiger partial charge on any atom is 0.231 e. The molecule has 27 heavy (non-hydrogen) atoms. The van der Waals surface area contributed by atoms with Gasteiger partial charge in [0.2, 0.25) is 11.9 Å². The van der Waals surface area contributed by atoms with Gasteiger partial charge in [-0.1, -0.05) is 49.4 Å². The van der Waals surface area contributed by atoms with Gasteiger partial charge in [-0.05, 0) is 29.7 Å². The van der Waals surface area contributed by atoms with Gasteiger partial charge in [-0.3, -0.25) is 9.69 Å². The highest BCUT2D eigenvalue weighted by Gasteiger charge is 2.38. The Balaban J connectivity index is 1.81. The molecule has 2 atom stereocenters. The first kappa shape index (κ1) is 17.3. The molecule has 6 heteroatoms. The molecule has 4 rings (SSSR count). The fourth-order valence-electron chi connectivity index (χ4n) is 3.71. The SMILES string of the molecule is CCC(=O)N1c2ncnn2[C@@H](c2ccc(OC)cc2)C[C@H]1c1ccccc1. The van der Waals surface area contributed by atoms with E-state index >= 15 is 0 Å². The van der Waals surface area contributed by atoms with Gasteiger partial charge in [0.25, 0.3) is 0 Å². The first-order valence-corrected chi connectivity index (χ1v) is 9.13. The summed E-state index contributed by atoms with van der Waals surface area (Å²) in [5.74, 6) is 1.46. The van der Waals surface area contributed by atoms with Crippen LogP contribution in [-0.4, -0.2) is 27.8 Å². The summed E-state index contributed by atoms with van der Waals surface area (Å²) in [6.07, 6.45) is 2.68. The Bertz CT molecular complexity index is 921. The van der Waals surface area contributed by atoms with Crippen molar-refractivity contribution in [3.63, 3.8) is 0 Å². The van der Waals surface area contributed by atoms with Crippen LogP contribution in [0.4, 0.5) is 5.95 Å². The van der Waals surface area contributed by atoms with Gasteiger partial charge >= 0.3 is 0 Å². The van der Waals surface area contributed by atoms with Crippen molar-refractivity contribution in [1.29, 1.82) is 0 Å². The van der Waals surface area contributed by atoms with E-state index in [2.05, 4.69) is 22.2 Å². The molecule has 0 radical (unpaired) electrons. The molecule has 6 nitrogen and oxygen atoms in total. The maximum absolute atomic E-state index is 12.8. The van der Waals surface area contributed by atoms with Crippen LogP contribution in [-0.2, 0) is 4.79 Å². The van der Waals surface area contributed by atoms with Gasteiger partial charge in [0.15, 0.2) is 0 Å². The smallest absolute Gasteiger partial charge is 0.231 e. The average Bonchev–Trinajstić information content (AvgIpc) is 3.22. The summed E-state index contributed by atoms with van der Waals surface area (Å²) in [4.78, 5) is 19.0. The Labute approximate surface area is 158 Å². The highest BCUT2D eigenvalue weighted by molar-refractivity contribution is 5.92. The molecule has 0 saturated carbocycles. The number of benzene rings is 2. The molecule has 138 valence electrons. The molecule has 1 aliphatic rings. The van der Waals surface area contributed by atoms with Crippen LogP contribution in [0.5, 0.6) is 5.75 Å². The molecule has 0 saturated heterocycles. The number of rotatable bonds is 4. The van der Waals surface area contributed by atoms with Gasteiger partial charge in [0, 0.05) is 6.42 Å². The summed E-state index contributed by atoms with van der Waals surface area (Å²) in [6.45, 7) is 1.88. The predicted octanol–water partition coefficient (Wildman–Crippen LogP) is 3.76. The number of nitrogens with zero attached hydrogens (tertiary/aromatic N) is 4. The van der Waals surface area contributed by atoms with Crippen molar-refractivity contribution in [2.24, 2.45) is 0 Å². The van der Waals surface area contributed by atoms with Crippen LogP contribution in [0.1, 0.15) is 43.0 Å². The van der Waals surface area contributed by atoms with Crippen LogP contribution >= 0.6 is 0 Å². The van der Waals surface area contributed by atoms with Gasteiger partial charge in [0.05, 0.1) is 19.2 Å². The first-order chi connectivity index (χ1) is 13.2. The molecule has 3 aromatic rings. The van der Waals surface area contributed by atoms with Crippen molar-refractivity contribution in [2.75, 3.05) is 12.0 Å². The van der Waals surface area contributed by atoms with Gasteiger partial charge in [-0.15, -0.1) is 0 Å². The minimum absolute atomic E-state index is 0.000446. The number of carbonyl (C=O) groups excluding carboxylic acids is 1. The van der Waals surface area contributed by atoms with Crippen molar-refractivity contribution in [1.82, 2.24) is 14.8 Å². The van der Waals surface area contributed by atoms with E-state index < -0.39 is 0 Å². The lowest BCUT2D eigenvalue weighted by Crippen LogP contribution is -2.42. The third kappa shape index (κ3) is 3.07. The number of carbonyl (C=O) groups is 1. The van der Waals surface area contributed by atoms with Crippen molar-refractivity contribution < 1.29 is 9.53 Å². The fraction of sp³-hybridized carbons (Fsp3) is 0.286. The standard InChI is InChI=1S/C21H22N4O2/c1-3-20(26)24-18(15-7-5-4-6-8-15)13-19(25-21(24)22-14-23-25)16-9-11-17(27-2)12-10-16/h4-12,14,18-19H,3,13H2,1-2H3/t18-,19+/m0/s1. The third-order valence-electron chi connectivity index (χ3n) is 5.08. The summed E-state index contributed by atoms with van der Waals surface area (Å²) >= 11 is 0. The highest BCUT2D eigenvalue weighted by atomic mass is 16.5. The predicted molar refractivity (Wildman–Crippen MR) is 103 cm³/mol. The van der Waals surface area contributed by atoms with E-state index in [9.17, 15) is 4.79 Å². The topological polar surface area (TPSA) is 60.2 Å². The lowest BCUT2D eigenvalue weighted by atomic mass is 9.91. The van der Waals surface area contributed by atoms with Gasteiger partial charge < -0.3 is 4.74 Å². The monoisotopic (exact) mass is 362 g/mol. The molecule has 2 aromatic carbocycles. The largest absolute Gasteiger partial charge is 0.497 e. The molecule has 0 N–H and O–H groups in total. The minimum atomic E-state index is -0.0811. The fourth-order valence-corrected chi connectivity index (χ4v) is 3.71. The molecule has 1 aliphatic heterocycles. The van der Waals surface area contributed by atoms with Crippen LogP contribution in [0.2, 0.25) is 0 Å². The molecule has 0 spiro atoms. The van der Waals surface area contributed by atoms with E-state index in [1.54, 1.807) is 12.0 Å². The second kappa shape index (κ2) is 7.23. The van der Waals surface area contributed by atoms with Crippen molar-refractivity contribution in [3.8, 4) is 5.75 Å². The second-order valence-electron chi connectivity index (χ2n) is 6.57. The van der Waals surface area contributed by atoms with Crippen LogP contribution in [0, 0.1) is 0 Å². The van der Waals surface area contributed by atoms with Crippen molar-refractivity contribution >= 4 is 11.9 Å². The lowest BCUT2D eigenvalue weighted by molar-refractivity contribution is -0.119. The maximum atomic E-state index is 12.8. The Morgan fingerprint density at radius 1 is 1.07 bits per heavy atom. The van der Waals surface area contributed by atoms with Crippen LogP contribution < -0.4 is 9.64 Å². The number of anilines is 1. The van der Waals surface area contributed by atoms with E-state index in [1.165, 1.54) is 6.33 Å². The number of hydrogen-bond acceptors (Lipinski definition) is 4. The number of fused-ring (bicyclic) bond motifs is 1. The Morgan fingerprint density at radius 3 is 2.44 bits per heavy atom. The number of methoxy groups -OCH3 is 1. The number of hydrogen-bond donors (Lipinski definition) is 0. The first-order valence-electron chi connectivity index (χ1n) is 9.13. The number of amides is 1. The lowest BCUT2D eigenvalue weighted by Gasteiger charge is -2.39. The zero-order chi connectivity index (χ0) is 18.8. The summed E-state index contributed by atoms with van der Waals surface area (Å²) in [7, 11) is 1.66. The Hall–Kier alpha value is -3.15. The second-order valence-corrected chi connectivity index (χ2v) is 6.57. The zero-order valence-corrected chi connectivity index (χ0v) is 15.4. The van der Waals surface area contributed by atoms with Crippen LogP contribution in [0.3, 0.4) is 0 Å². The summed E-state index contributed by atoms with van der Waals surface area (Å²) < 4.78 is 7.13. The summed E-state index contributed by atoms with van der Waals surface area (Å²) in [6, 6.07) is 18.1. The summed E-state index contributed by atoms with van der Waals surface area (Å²) in [5.41, 5.74) is 2.22. The molecule has 0 aliphatic carbocycles. The van der Waals surface area contributed by atoms with Gasteiger partial charge in [0.1, 0.15) is 12.1 Å². The van der Waals surface area contributed by atoms with E-state index in [0.29, 0.717) is 12.4 Å². The summed E-state index contributed by atoms with van der Waals surface area (Å²) in [5, 5.41) is 4.43. The van der Waals surface area contributed by atoms with Crippen molar-refractivity contribution in [3.05, 3.63) is 72.1 Å². The molecular formula is C21H22N4O2. The molecule has 0 unspecified atom stereocenters. The molecule has 1 aromatic heterocycles. The van der Waals surface area contributed by atoms with Crippen LogP contribution in [0.25, 0.3) is 0 Å². The molecule has 0 bridgehead atoms. The molecule has 2 heterocycles. The quantitative estimate of drug-likeness (QED) is 0.709. The minimum Gasteiger partial charge on any atom is -0.497 e. The van der Waals surface area contributed by atoms with E-state index in [1.807, 2.05) is 54.1 Å². The Kier molecular flexibility index (Phi) is 4.62. The molecule has 0 fully saturated rings. The number of aromatic nitrogens is 3. The van der Waals surface area contributed by atoms with Gasteiger partial charge in [-0.25, -0.2) is 4.68 Å². The Morgan fingerprint density at radius 2 is 1.78 bits per heavy atom. The molecular weight excluding hydrogens is 340 g/mol. The van der Waals surface area contributed by atoms with E-state index in [0.717, 1.165) is 23.3 Å². The van der Waals surface area contributed by atoms with Crippen LogP contribution in [0.15, 0.2) is 60.9 Å². The van der Waals surface area contributed by atoms with Gasteiger partial charge in [-0.2, -0.15) is 10.1 Å². The third-order valence-corrected chi connectivity index (χ3v) is 5.08. The van der Waals surface area contributed by atoms with E-state index in [-0.39, 0.29) is 18.0 Å². The number of ether oxygens (including phenoxy) is 1. The molecule has 1 amide bonds. The normalized spacial score (nSPS) is 18.8.